The summed E-state index contributed by atoms with van der Waals surface area (Å²) in [5, 5.41) is 9.35. The van der Waals surface area contributed by atoms with Gasteiger partial charge in [0.1, 0.15) is 6.10 Å². The summed E-state index contributed by atoms with van der Waals surface area (Å²) >= 11 is 0. The Labute approximate surface area is 66.7 Å². The average molecular weight is 146 g/mol. The zero-order valence-corrected chi connectivity index (χ0v) is 6.41. The smallest absolute Gasteiger partial charge is 0.140 e. The van der Waals surface area contributed by atoms with E-state index in [4.69, 9.17) is 0 Å². The van der Waals surface area contributed by atoms with Gasteiger partial charge in [0, 0.05) is 0 Å². The number of aliphatic hydroxyl groups is 1. The number of hydrogen-bond acceptors (Lipinski definition) is 1. The molecule has 1 heteroatoms. The van der Waals surface area contributed by atoms with Gasteiger partial charge in [0.25, 0.3) is 0 Å². The molecular weight excluding hydrogens is 136 g/mol. The van der Waals surface area contributed by atoms with Crippen LogP contribution in [0.15, 0.2) is 30.3 Å². The Morgan fingerprint density at radius 1 is 1.27 bits per heavy atom. The standard InChI is InChI=1S/C10H10O/c1-2-6-10(11)9-7-4-3-5-8-9/h3-5,7-8,10-11H,1H3/t10-/m1/s1. The summed E-state index contributed by atoms with van der Waals surface area (Å²) in [5.74, 6) is 5.33. The van der Waals surface area contributed by atoms with Gasteiger partial charge >= 0.3 is 0 Å². The predicted molar refractivity (Wildman–Crippen MR) is 44.9 cm³/mol. The van der Waals surface area contributed by atoms with Gasteiger partial charge < -0.3 is 5.11 Å². The Balaban J connectivity index is 2.82. The van der Waals surface area contributed by atoms with Crippen molar-refractivity contribution in [1.82, 2.24) is 0 Å². The van der Waals surface area contributed by atoms with Crippen molar-refractivity contribution in [2.45, 2.75) is 13.0 Å². The van der Waals surface area contributed by atoms with Crippen LogP contribution in [0.4, 0.5) is 0 Å². The molecule has 0 radical (unpaired) electrons. The summed E-state index contributed by atoms with van der Waals surface area (Å²) in [7, 11) is 0. The zero-order valence-electron chi connectivity index (χ0n) is 6.41. The summed E-state index contributed by atoms with van der Waals surface area (Å²) in [6, 6.07) is 9.39. The van der Waals surface area contributed by atoms with Gasteiger partial charge in [-0.2, -0.15) is 0 Å². The minimum Gasteiger partial charge on any atom is -0.376 e. The zero-order chi connectivity index (χ0) is 8.10. The molecule has 0 amide bonds. The van der Waals surface area contributed by atoms with E-state index in [9.17, 15) is 5.11 Å². The van der Waals surface area contributed by atoms with Crippen LogP contribution < -0.4 is 0 Å². The molecule has 1 aromatic rings. The van der Waals surface area contributed by atoms with Crippen LogP contribution in [0.5, 0.6) is 0 Å². The van der Waals surface area contributed by atoms with E-state index >= 15 is 0 Å². The SMILES string of the molecule is CC#C[C@@H](O)c1ccccc1. The summed E-state index contributed by atoms with van der Waals surface area (Å²) in [4.78, 5) is 0. The number of rotatable bonds is 1. The number of aliphatic hydroxyl groups excluding tert-OH is 1. The summed E-state index contributed by atoms with van der Waals surface area (Å²) in [6.45, 7) is 1.71. The van der Waals surface area contributed by atoms with Crippen molar-refractivity contribution in [2.75, 3.05) is 0 Å². The van der Waals surface area contributed by atoms with Crippen LogP contribution in [0.3, 0.4) is 0 Å². The van der Waals surface area contributed by atoms with Crippen LogP contribution in [-0.4, -0.2) is 5.11 Å². The molecule has 1 atom stereocenters. The summed E-state index contributed by atoms with van der Waals surface area (Å²) in [5.41, 5.74) is 0.849. The Morgan fingerprint density at radius 2 is 1.91 bits per heavy atom. The molecule has 1 aromatic carbocycles. The van der Waals surface area contributed by atoms with Crippen LogP contribution >= 0.6 is 0 Å². The van der Waals surface area contributed by atoms with Crippen LogP contribution in [0, 0.1) is 11.8 Å². The normalized spacial score (nSPS) is 11.5. The molecule has 0 aliphatic rings. The van der Waals surface area contributed by atoms with Gasteiger partial charge in [-0.15, -0.1) is 5.92 Å². The number of benzene rings is 1. The second-order valence-corrected chi connectivity index (χ2v) is 2.21. The fourth-order valence-corrected chi connectivity index (χ4v) is 0.855. The molecule has 56 valence electrons. The molecule has 1 rings (SSSR count). The highest BCUT2D eigenvalue weighted by molar-refractivity contribution is 5.24. The molecule has 0 heterocycles. The lowest BCUT2D eigenvalue weighted by molar-refractivity contribution is 0.238. The minimum absolute atomic E-state index is 0.638. The van der Waals surface area contributed by atoms with Gasteiger partial charge in [0.15, 0.2) is 0 Å². The Morgan fingerprint density at radius 3 is 2.45 bits per heavy atom. The van der Waals surface area contributed by atoms with Gasteiger partial charge in [0.2, 0.25) is 0 Å². The molecule has 0 aliphatic heterocycles. The maximum atomic E-state index is 9.35. The molecule has 0 saturated carbocycles. The van der Waals surface area contributed by atoms with E-state index in [1.807, 2.05) is 30.3 Å². The summed E-state index contributed by atoms with van der Waals surface area (Å²) in [6.07, 6.45) is -0.638. The van der Waals surface area contributed by atoms with Crippen molar-refractivity contribution in [1.29, 1.82) is 0 Å². The average Bonchev–Trinajstić information content (AvgIpc) is 2.07. The van der Waals surface area contributed by atoms with E-state index < -0.39 is 6.10 Å². The largest absolute Gasteiger partial charge is 0.376 e. The van der Waals surface area contributed by atoms with Gasteiger partial charge in [-0.25, -0.2) is 0 Å². The quantitative estimate of drug-likeness (QED) is 0.598. The molecule has 0 aliphatic carbocycles. The monoisotopic (exact) mass is 146 g/mol. The Hall–Kier alpha value is -1.26. The molecule has 0 fully saturated rings. The molecule has 1 nitrogen and oxygen atoms in total. The van der Waals surface area contributed by atoms with Crippen LogP contribution in [0.2, 0.25) is 0 Å². The molecule has 0 unspecified atom stereocenters. The van der Waals surface area contributed by atoms with Crippen LogP contribution in [-0.2, 0) is 0 Å². The van der Waals surface area contributed by atoms with Crippen molar-refractivity contribution in [3.8, 4) is 11.8 Å². The second kappa shape index (κ2) is 3.80. The topological polar surface area (TPSA) is 20.2 Å². The highest BCUT2D eigenvalue weighted by atomic mass is 16.3. The predicted octanol–water partition coefficient (Wildman–Crippen LogP) is 1.74. The van der Waals surface area contributed by atoms with Crippen molar-refractivity contribution < 1.29 is 5.11 Å². The first-order valence-corrected chi connectivity index (χ1v) is 3.50. The lowest BCUT2D eigenvalue weighted by Gasteiger charge is -2.00. The molecular formula is C10H10O. The fraction of sp³-hybridized carbons (Fsp3) is 0.200. The number of hydrogen-bond donors (Lipinski definition) is 1. The third-order valence-corrected chi connectivity index (χ3v) is 1.40. The maximum Gasteiger partial charge on any atom is 0.140 e. The minimum atomic E-state index is -0.638. The lowest BCUT2D eigenvalue weighted by atomic mass is 10.1. The first-order chi connectivity index (χ1) is 5.34. The van der Waals surface area contributed by atoms with E-state index in [1.165, 1.54) is 0 Å². The van der Waals surface area contributed by atoms with Gasteiger partial charge in [0.05, 0.1) is 0 Å². The van der Waals surface area contributed by atoms with E-state index in [2.05, 4.69) is 11.8 Å². The molecule has 0 saturated heterocycles. The van der Waals surface area contributed by atoms with Crippen molar-refractivity contribution in [2.24, 2.45) is 0 Å². The third-order valence-electron chi connectivity index (χ3n) is 1.40. The van der Waals surface area contributed by atoms with Gasteiger partial charge in [-0.3, -0.25) is 0 Å². The van der Waals surface area contributed by atoms with E-state index in [0.717, 1.165) is 5.56 Å². The van der Waals surface area contributed by atoms with Gasteiger partial charge in [-0.1, -0.05) is 36.3 Å². The Kier molecular flexibility index (Phi) is 2.71. The first kappa shape index (κ1) is 7.84. The van der Waals surface area contributed by atoms with Crippen molar-refractivity contribution in [3.05, 3.63) is 35.9 Å². The van der Waals surface area contributed by atoms with Crippen LogP contribution in [0.1, 0.15) is 18.6 Å². The second-order valence-electron chi connectivity index (χ2n) is 2.21. The highest BCUT2D eigenvalue weighted by Crippen LogP contribution is 2.09. The van der Waals surface area contributed by atoms with E-state index in [-0.39, 0.29) is 0 Å². The highest BCUT2D eigenvalue weighted by Gasteiger charge is 1.99. The Bertz CT molecular complexity index is 266. The molecule has 0 spiro atoms. The molecule has 11 heavy (non-hydrogen) atoms. The fourth-order valence-electron chi connectivity index (χ4n) is 0.855. The molecule has 1 N–H and O–H groups in total. The molecule has 0 aromatic heterocycles. The van der Waals surface area contributed by atoms with Crippen molar-refractivity contribution in [3.63, 3.8) is 0 Å². The van der Waals surface area contributed by atoms with E-state index in [0.29, 0.717) is 0 Å². The third kappa shape index (κ3) is 2.10. The summed E-state index contributed by atoms with van der Waals surface area (Å²) < 4.78 is 0. The first-order valence-electron chi connectivity index (χ1n) is 3.50. The lowest BCUT2D eigenvalue weighted by Crippen LogP contribution is -1.91. The van der Waals surface area contributed by atoms with Crippen molar-refractivity contribution >= 4 is 0 Å². The maximum absolute atomic E-state index is 9.35. The van der Waals surface area contributed by atoms with Gasteiger partial charge in [-0.05, 0) is 12.5 Å². The molecule has 0 bridgehead atoms. The van der Waals surface area contributed by atoms with Crippen LogP contribution in [0.25, 0.3) is 0 Å². The van der Waals surface area contributed by atoms with E-state index in [1.54, 1.807) is 6.92 Å².